The highest BCUT2D eigenvalue weighted by molar-refractivity contribution is 5.88. The van der Waals surface area contributed by atoms with Crippen molar-refractivity contribution < 1.29 is 24.9 Å². The number of carboxylic acids is 1. The van der Waals surface area contributed by atoms with Crippen LogP contribution in [0.15, 0.2) is 0 Å². The van der Waals surface area contributed by atoms with Crippen molar-refractivity contribution in [3.63, 3.8) is 0 Å². The number of carboxylic acid groups (broad SMARTS) is 1. The normalized spacial score (nSPS) is 47.1. The van der Waals surface area contributed by atoms with Crippen molar-refractivity contribution in [1.29, 1.82) is 0 Å². The van der Waals surface area contributed by atoms with Crippen LogP contribution in [0.5, 0.6) is 0 Å². The number of ketones is 1. The molecule has 4 aliphatic carbocycles. The Labute approximate surface area is 174 Å². The second-order valence-corrected chi connectivity index (χ2v) is 11.0. The highest BCUT2D eigenvalue weighted by atomic mass is 16.5. The summed E-state index contributed by atoms with van der Waals surface area (Å²) < 4.78 is 0. The van der Waals surface area contributed by atoms with Gasteiger partial charge < -0.3 is 15.3 Å². The molecule has 4 fully saturated rings. The molecular weight excluding hydrogens is 368 g/mol. The lowest BCUT2D eigenvalue weighted by Crippen LogP contribution is -2.60. The Balaban J connectivity index is 1.76. The van der Waals surface area contributed by atoms with E-state index < -0.39 is 28.5 Å². The quantitative estimate of drug-likeness (QED) is 0.613. The van der Waals surface area contributed by atoms with Crippen LogP contribution in [0.1, 0.15) is 85.0 Å². The van der Waals surface area contributed by atoms with E-state index in [0.29, 0.717) is 12.8 Å². The molecule has 0 saturated heterocycles. The molecule has 0 aliphatic heterocycles. The fourth-order valence-corrected chi connectivity index (χ4v) is 8.83. The highest BCUT2D eigenvalue weighted by Crippen LogP contribution is 2.68. The van der Waals surface area contributed by atoms with Crippen LogP contribution in [-0.4, -0.2) is 32.9 Å². The molecule has 0 amide bonds. The molecule has 1 unspecified atom stereocenters. The summed E-state index contributed by atoms with van der Waals surface area (Å²) in [5.41, 5.74) is -1.56. The monoisotopic (exact) mass is 406 g/mol. The predicted octanol–water partition coefficient (Wildman–Crippen LogP) is 4.01. The van der Waals surface area contributed by atoms with Gasteiger partial charge in [-0.15, -0.1) is 0 Å². The lowest BCUT2D eigenvalue weighted by atomic mass is 9.43. The van der Waals surface area contributed by atoms with E-state index in [1.54, 1.807) is 0 Å². The molecule has 0 radical (unpaired) electrons. The van der Waals surface area contributed by atoms with Crippen LogP contribution in [0.2, 0.25) is 0 Å². The Kier molecular flexibility index (Phi) is 5.18. The zero-order chi connectivity index (χ0) is 21.2. The van der Waals surface area contributed by atoms with Crippen molar-refractivity contribution in [2.24, 2.45) is 46.3 Å². The van der Waals surface area contributed by atoms with Gasteiger partial charge in [0.25, 0.3) is 0 Å². The molecule has 0 heterocycles. The van der Waals surface area contributed by atoms with Gasteiger partial charge in [0, 0.05) is 24.2 Å². The molecule has 0 aromatic heterocycles. The van der Waals surface area contributed by atoms with Crippen LogP contribution in [0, 0.1) is 46.3 Å². The van der Waals surface area contributed by atoms with Gasteiger partial charge in [0.15, 0.2) is 5.79 Å². The molecule has 5 heteroatoms. The highest BCUT2D eigenvalue weighted by Gasteiger charge is 2.71. The predicted molar refractivity (Wildman–Crippen MR) is 109 cm³/mol. The summed E-state index contributed by atoms with van der Waals surface area (Å²) in [6.07, 6.45) is 7.74. The van der Waals surface area contributed by atoms with Gasteiger partial charge in [-0.1, -0.05) is 46.5 Å². The number of hydrogen-bond donors (Lipinski definition) is 3. The molecule has 5 nitrogen and oxygen atoms in total. The Bertz CT molecular complexity index is 687. The van der Waals surface area contributed by atoms with Gasteiger partial charge in [0.1, 0.15) is 5.78 Å². The molecule has 29 heavy (non-hydrogen) atoms. The molecule has 8 atom stereocenters. The van der Waals surface area contributed by atoms with Crippen LogP contribution < -0.4 is 0 Å². The number of aliphatic hydroxyl groups is 2. The second-order valence-electron chi connectivity index (χ2n) is 11.0. The van der Waals surface area contributed by atoms with E-state index in [1.807, 2.05) is 13.8 Å². The summed E-state index contributed by atoms with van der Waals surface area (Å²) in [7, 11) is 0. The lowest BCUT2D eigenvalue weighted by molar-refractivity contribution is -0.210. The zero-order valence-corrected chi connectivity index (χ0v) is 18.2. The molecule has 0 bridgehead atoms. The van der Waals surface area contributed by atoms with Crippen LogP contribution in [0.4, 0.5) is 0 Å². The first-order valence-corrected chi connectivity index (χ1v) is 11.8. The molecular formula is C24H38O5. The number of carbonyl (C=O) groups is 2. The molecule has 164 valence electrons. The van der Waals surface area contributed by atoms with E-state index in [4.69, 9.17) is 0 Å². The van der Waals surface area contributed by atoms with E-state index in [9.17, 15) is 24.9 Å². The molecule has 4 aliphatic rings. The minimum absolute atomic E-state index is 0.0463. The topological polar surface area (TPSA) is 94.8 Å². The summed E-state index contributed by atoms with van der Waals surface area (Å²) in [6.45, 7) is 6.09. The third-order valence-electron chi connectivity index (χ3n) is 9.82. The van der Waals surface area contributed by atoms with E-state index in [1.165, 1.54) is 0 Å². The molecule has 3 N–H and O–H groups in total. The molecule has 4 saturated carbocycles. The van der Waals surface area contributed by atoms with E-state index >= 15 is 0 Å². The largest absolute Gasteiger partial charge is 0.481 e. The van der Waals surface area contributed by atoms with Crippen molar-refractivity contribution in [3.05, 3.63) is 0 Å². The van der Waals surface area contributed by atoms with Crippen molar-refractivity contribution in [2.45, 2.75) is 90.8 Å². The van der Waals surface area contributed by atoms with Crippen molar-refractivity contribution in [1.82, 2.24) is 0 Å². The van der Waals surface area contributed by atoms with Crippen LogP contribution in [-0.2, 0) is 9.59 Å². The maximum Gasteiger partial charge on any atom is 0.310 e. The maximum absolute atomic E-state index is 13.7. The number of aliphatic carboxylic acids is 1. The first kappa shape index (κ1) is 21.3. The van der Waals surface area contributed by atoms with Gasteiger partial charge in [-0.3, -0.25) is 9.59 Å². The summed E-state index contributed by atoms with van der Waals surface area (Å²) >= 11 is 0. The third kappa shape index (κ3) is 2.79. The van der Waals surface area contributed by atoms with Crippen molar-refractivity contribution in [3.8, 4) is 0 Å². The minimum atomic E-state index is -1.85. The standard InChI is InChI=1S/C24H38O5/c1-4-7-14(2)20-22(3)18(13-24(20,28)29)16-10-9-15-8-5-6-11-23(15,21(26)27)17(16)12-19(22)25/h14-18,20,28-29H,4-13H2,1-3H3,(H,26,27)/t14-,15?,16-,17+,18+,20-,22-,23-/m1/s1. The molecule has 0 aromatic carbocycles. The van der Waals surface area contributed by atoms with Gasteiger partial charge in [-0.25, -0.2) is 0 Å². The van der Waals surface area contributed by atoms with E-state index in [2.05, 4.69) is 6.92 Å². The van der Waals surface area contributed by atoms with Crippen LogP contribution >= 0.6 is 0 Å². The number of carbonyl (C=O) groups excluding carboxylic acids is 1. The van der Waals surface area contributed by atoms with Crippen LogP contribution in [0.25, 0.3) is 0 Å². The van der Waals surface area contributed by atoms with Crippen molar-refractivity contribution in [2.75, 3.05) is 0 Å². The Hall–Kier alpha value is -0.940. The van der Waals surface area contributed by atoms with E-state index in [-0.39, 0.29) is 41.8 Å². The summed E-state index contributed by atoms with van der Waals surface area (Å²) in [5.74, 6) is -2.94. The minimum Gasteiger partial charge on any atom is -0.481 e. The molecule has 0 spiro atoms. The Morgan fingerprint density at radius 1 is 1.17 bits per heavy atom. The van der Waals surface area contributed by atoms with Gasteiger partial charge in [0.05, 0.1) is 5.41 Å². The number of hydrogen-bond acceptors (Lipinski definition) is 4. The average Bonchev–Trinajstić information content (AvgIpc) is 2.88. The first-order valence-electron chi connectivity index (χ1n) is 11.8. The summed E-state index contributed by atoms with van der Waals surface area (Å²) in [5, 5.41) is 32.5. The molecule has 0 aromatic rings. The Morgan fingerprint density at radius 3 is 2.55 bits per heavy atom. The maximum atomic E-state index is 13.7. The zero-order valence-electron chi connectivity index (χ0n) is 18.2. The smallest absolute Gasteiger partial charge is 0.310 e. The number of Topliss-reactive ketones (excluding diaryl/α,β-unsaturated/α-hetero) is 1. The van der Waals surface area contributed by atoms with E-state index in [0.717, 1.165) is 44.9 Å². The third-order valence-corrected chi connectivity index (χ3v) is 9.82. The number of fused-ring (bicyclic) bond motifs is 5. The van der Waals surface area contributed by atoms with Gasteiger partial charge in [-0.05, 0) is 55.3 Å². The second kappa shape index (κ2) is 7.05. The summed E-state index contributed by atoms with van der Waals surface area (Å²) in [6, 6.07) is 0. The SMILES string of the molecule is CCC[C@@H](C)[C@H]1C(O)(O)C[C@H]2[C@@H]3CCC4CCCC[C@]4(C(=O)O)[C@H]3CC(=O)[C@@]21C. The summed E-state index contributed by atoms with van der Waals surface area (Å²) in [4.78, 5) is 26.3. The Morgan fingerprint density at radius 2 is 1.90 bits per heavy atom. The average molecular weight is 407 g/mol. The van der Waals surface area contributed by atoms with Gasteiger partial charge in [-0.2, -0.15) is 0 Å². The molecule has 4 rings (SSSR count). The van der Waals surface area contributed by atoms with Crippen LogP contribution in [0.3, 0.4) is 0 Å². The fraction of sp³-hybridized carbons (Fsp3) is 0.917. The first-order chi connectivity index (χ1) is 13.6. The number of rotatable bonds is 4. The van der Waals surface area contributed by atoms with Gasteiger partial charge >= 0.3 is 5.97 Å². The fourth-order valence-electron chi connectivity index (χ4n) is 8.83. The lowest BCUT2D eigenvalue weighted by Gasteiger charge is -2.58. The van der Waals surface area contributed by atoms with Crippen molar-refractivity contribution >= 4 is 11.8 Å². The van der Waals surface area contributed by atoms with Gasteiger partial charge in [0.2, 0.25) is 0 Å².